The van der Waals surface area contributed by atoms with Crippen molar-refractivity contribution in [2.45, 2.75) is 32.8 Å². The highest BCUT2D eigenvalue weighted by atomic mass is 32.1. The molecule has 1 amide bonds. The molecule has 0 unspecified atom stereocenters. The monoisotopic (exact) mass is 454 g/mol. The second-order valence-corrected chi connectivity index (χ2v) is 7.80. The lowest BCUT2D eigenvalue weighted by Gasteiger charge is -2.09. The van der Waals surface area contributed by atoms with Gasteiger partial charge in [-0.05, 0) is 37.1 Å². The van der Waals surface area contributed by atoms with Gasteiger partial charge in [-0.2, -0.15) is 0 Å². The molecule has 0 aliphatic heterocycles. The van der Waals surface area contributed by atoms with E-state index in [2.05, 4.69) is 10.3 Å². The summed E-state index contributed by atoms with van der Waals surface area (Å²) in [6.45, 7) is 2.58. The molecule has 0 aliphatic rings. The van der Waals surface area contributed by atoms with Gasteiger partial charge < -0.3 is 19.5 Å². The molecular formula is C24H26N2O5S. The Labute approximate surface area is 191 Å². The molecule has 0 radical (unpaired) electrons. The number of hydrogen-bond acceptors (Lipinski definition) is 7. The predicted octanol–water partition coefficient (Wildman–Crippen LogP) is 4.41. The van der Waals surface area contributed by atoms with Crippen LogP contribution in [0.4, 0.5) is 5.69 Å². The molecule has 0 aliphatic carbocycles. The number of aromatic nitrogens is 1. The maximum Gasteiger partial charge on any atom is 0.306 e. The van der Waals surface area contributed by atoms with E-state index in [4.69, 9.17) is 14.2 Å². The van der Waals surface area contributed by atoms with Crippen LogP contribution < -0.4 is 14.8 Å². The van der Waals surface area contributed by atoms with Crippen molar-refractivity contribution in [2.75, 3.05) is 19.0 Å². The number of carbonyl (C=O) groups is 2. The highest BCUT2D eigenvalue weighted by molar-refractivity contribution is 7.09. The molecule has 0 spiro atoms. The summed E-state index contributed by atoms with van der Waals surface area (Å²) in [5.41, 5.74) is 2.21. The lowest BCUT2D eigenvalue weighted by molar-refractivity contribution is -0.145. The summed E-state index contributed by atoms with van der Waals surface area (Å²) in [6.07, 6.45) is 0.924. The largest absolute Gasteiger partial charge is 0.495 e. The van der Waals surface area contributed by atoms with Crippen molar-refractivity contribution < 1.29 is 23.8 Å². The van der Waals surface area contributed by atoms with E-state index in [1.54, 1.807) is 24.6 Å². The third-order valence-electron chi connectivity index (χ3n) is 4.54. The molecule has 0 fully saturated rings. The van der Waals surface area contributed by atoms with Crippen molar-refractivity contribution in [2.24, 2.45) is 0 Å². The molecule has 2 aromatic carbocycles. The van der Waals surface area contributed by atoms with Crippen molar-refractivity contribution in [1.29, 1.82) is 0 Å². The summed E-state index contributed by atoms with van der Waals surface area (Å²) < 4.78 is 16.2. The fraction of sp³-hybridized carbons (Fsp3) is 0.292. The minimum absolute atomic E-state index is 0.0799. The molecule has 1 N–H and O–H groups in total. The van der Waals surface area contributed by atoms with Gasteiger partial charge in [0.1, 0.15) is 23.1 Å². The highest BCUT2D eigenvalue weighted by Crippen LogP contribution is 2.23. The van der Waals surface area contributed by atoms with Gasteiger partial charge in [0, 0.05) is 11.8 Å². The zero-order chi connectivity index (χ0) is 22.8. The van der Waals surface area contributed by atoms with Gasteiger partial charge in [0.2, 0.25) is 5.91 Å². The van der Waals surface area contributed by atoms with Crippen LogP contribution in [0.3, 0.4) is 0 Å². The van der Waals surface area contributed by atoms with E-state index in [0.29, 0.717) is 35.2 Å². The van der Waals surface area contributed by atoms with Crippen LogP contribution in [-0.2, 0) is 33.8 Å². The number of aryl methyl sites for hydroxylation is 1. The number of hydrogen-bond donors (Lipinski definition) is 1. The molecule has 0 saturated heterocycles. The number of rotatable bonds is 11. The summed E-state index contributed by atoms with van der Waals surface area (Å²) in [5.74, 6) is 0.884. The number of carbonyl (C=O) groups excluding carboxylic acids is 2. The molecule has 0 atom stereocenters. The van der Waals surface area contributed by atoms with Gasteiger partial charge in [-0.3, -0.25) is 9.59 Å². The first kappa shape index (κ1) is 23.3. The van der Waals surface area contributed by atoms with Gasteiger partial charge in [-0.1, -0.05) is 30.3 Å². The zero-order valence-electron chi connectivity index (χ0n) is 18.1. The van der Waals surface area contributed by atoms with Crippen molar-refractivity contribution in [1.82, 2.24) is 4.98 Å². The van der Waals surface area contributed by atoms with Crippen LogP contribution >= 0.6 is 11.3 Å². The Kier molecular flexibility index (Phi) is 8.62. The summed E-state index contributed by atoms with van der Waals surface area (Å²) in [7, 11) is 1.55. The van der Waals surface area contributed by atoms with Crippen LogP contribution in [0.15, 0.2) is 53.9 Å². The minimum Gasteiger partial charge on any atom is -0.495 e. The molecule has 32 heavy (non-hydrogen) atoms. The second-order valence-electron chi connectivity index (χ2n) is 6.86. The van der Waals surface area contributed by atoms with E-state index in [1.807, 2.05) is 43.3 Å². The lowest BCUT2D eigenvalue weighted by Crippen LogP contribution is -2.15. The number of benzene rings is 2. The number of anilines is 1. The number of ether oxygens (including phenoxy) is 3. The average molecular weight is 455 g/mol. The molecule has 3 aromatic rings. The van der Waals surface area contributed by atoms with Gasteiger partial charge in [0.05, 0.1) is 31.5 Å². The minimum atomic E-state index is -0.306. The quantitative estimate of drug-likeness (QED) is 0.432. The molecule has 1 aromatic heterocycles. The predicted molar refractivity (Wildman–Crippen MR) is 123 cm³/mol. The zero-order valence-corrected chi connectivity index (χ0v) is 18.9. The van der Waals surface area contributed by atoms with Gasteiger partial charge in [-0.25, -0.2) is 4.98 Å². The topological polar surface area (TPSA) is 86.8 Å². The van der Waals surface area contributed by atoms with E-state index < -0.39 is 0 Å². The summed E-state index contributed by atoms with van der Waals surface area (Å²) >= 11 is 1.36. The van der Waals surface area contributed by atoms with Gasteiger partial charge in [0.25, 0.3) is 0 Å². The van der Waals surface area contributed by atoms with Crippen LogP contribution in [0.2, 0.25) is 0 Å². The molecule has 0 bridgehead atoms. The number of nitrogens with zero attached hydrogens (tertiary/aromatic N) is 1. The van der Waals surface area contributed by atoms with E-state index in [0.717, 1.165) is 11.3 Å². The van der Waals surface area contributed by atoms with E-state index in [9.17, 15) is 9.59 Å². The first-order valence-electron chi connectivity index (χ1n) is 10.3. The summed E-state index contributed by atoms with van der Waals surface area (Å²) in [4.78, 5) is 28.9. The number of amides is 1. The van der Waals surface area contributed by atoms with Crippen molar-refractivity contribution in [3.05, 3.63) is 70.2 Å². The number of methoxy groups -OCH3 is 1. The van der Waals surface area contributed by atoms with E-state index >= 15 is 0 Å². The molecule has 8 heteroatoms. The summed E-state index contributed by atoms with van der Waals surface area (Å²) in [6, 6.07) is 14.9. The van der Waals surface area contributed by atoms with Crippen LogP contribution in [0.25, 0.3) is 0 Å². The number of nitrogens with one attached hydrogen (secondary N) is 1. The van der Waals surface area contributed by atoms with Crippen molar-refractivity contribution in [3.8, 4) is 11.5 Å². The van der Waals surface area contributed by atoms with Crippen LogP contribution in [0.1, 0.15) is 29.6 Å². The van der Waals surface area contributed by atoms with Crippen LogP contribution in [0, 0.1) is 0 Å². The molecule has 168 valence electrons. The van der Waals surface area contributed by atoms with E-state index in [1.165, 1.54) is 11.3 Å². The number of esters is 1. The Morgan fingerprint density at radius 2 is 1.81 bits per heavy atom. The van der Waals surface area contributed by atoms with Gasteiger partial charge in [0.15, 0.2) is 0 Å². The lowest BCUT2D eigenvalue weighted by atomic mass is 10.1. The Morgan fingerprint density at radius 1 is 1.06 bits per heavy atom. The maximum atomic E-state index is 12.3. The normalized spacial score (nSPS) is 10.4. The number of thiazole rings is 1. The number of para-hydroxylation sites is 3. The smallest absolute Gasteiger partial charge is 0.306 e. The third-order valence-corrected chi connectivity index (χ3v) is 5.44. The van der Waals surface area contributed by atoms with Crippen molar-refractivity contribution in [3.63, 3.8) is 0 Å². The van der Waals surface area contributed by atoms with E-state index in [-0.39, 0.29) is 31.3 Å². The average Bonchev–Trinajstić information content (AvgIpc) is 3.24. The van der Waals surface area contributed by atoms with Crippen molar-refractivity contribution >= 4 is 28.9 Å². The first-order chi connectivity index (χ1) is 15.6. The fourth-order valence-corrected chi connectivity index (χ4v) is 3.82. The van der Waals surface area contributed by atoms with Gasteiger partial charge >= 0.3 is 5.97 Å². The second kappa shape index (κ2) is 11.9. The maximum absolute atomic E-state index is 12.3. The van der Waals surface area contributed by atoms with Gasteiger partial charge in [-0.15, -0.1) is 11.3 Å². The molecule has 1 heterocycles. The first-order valence-corrected chi connectivity index (χ1v) is 11.2. The SMILES string of the molecule is CCOc1ccccc1CCC(=O)OCc1csc(CC(=O)Nc2ccccc2OC)n1. The Balaban J connectivity index is 1.45. The third kappa shape index (κ3) is 6.81. The Morgan fingerprint density at radius 3 is 2.59 bits per heavy atom. The summed E-state index contributed by atoms with van der Waals surface area (Å²) in [5, 5.41) is 5.26. The molecule has 7 nitrogen and oxygen atoms in total. The molecule has 0 saturated carbocycles. The van der Waals surface area contributed by atoms with Crippen LogP contribution in [0.5, 0.6) is 11.5 Å². The fourth-order valence-electron chi connectivity index (χ4n) is 3.05. The Bertz CT molecular complexity index is 1050. The highest BCUT2D eigenvalue weighted by Gasteiger charge is 2.12. The molecule has 3 rings (SSSR count). The molecular weight excluding hydrogens is 428 g/mol. The van der Waals surface area contributed by atoms with Crippen LogP contribution in [-0.4, -0.2) is 30.6 Å². The Hall–Kier alpha value is -3.39. The standard InChI is InChI=1S/C24H26N2O5S/c1-3-30-20-10-6-4-8-17(20)12-13-24(28)31-15-18-16-32-23(25-18)14-22(27)26-19-9-5-7-11-21(19)29-2/h4-11,16H,3,12-15H2,1-2H3,(H,26,27).